The molecule has 4 heterocycles. The monoisotopic (exact) mass is 630 g/mol. The lowest BCUT2D eigenvalue weighted by molar-refractivity contribution is 0.666. The van der Waals surface area contributed by atoms with Gasteiger partial charge in [-0.2, -0.15) is 0 Å². The highest BCUT2D eigenvalue weighted by Crippen LogP contribution is 2.46. The minimum Gasteiger partial charge on any atom is -0.454 e. The Morgan fingerprint density at radius 2 is 1.17 bits per heavy atom. The van der Waals surface area contributed by atoms with E-state index in [0.717, 1.165) is 44.5 Å². The van der Waals surface area contributed by atoms with Crippen LogP contribution in [0.3, 0.4) is 0 Å². The molecule has 0 saturated carbocycles. The van der Waals surface area contributed by atoms with E-state index in [9.17, 15) is 0 Å². The lowest BCUT2D eigenvalue weighted by atomic mass is 9.99. The number of nitrogens with zero attached hydrogens (tertiary/aromatic N) is 2. The number of hydrogen-bond donors (Lipinski definition) is 0. The number of rotatable bonds is 3. The minimum absolute atomic E-state index is 0.890. The van der Waals surface area contributed by atoms with Crippen molar-refractivity contribution in [2.75, 3.05) is 0 Å². The molecule has 0 unspecified atom stereocenters. The Bertz CT molecular complexity index is 3060. The largest absolute Gasteiger partial charge is 0.454 e. The molecule has 11 aromatic rings. The first-order valence-corrected chi connectivity index (χ1v) is 17.1. The fraction of sp³-hybridized carbons (Fsp3) is 0. The van der Waals surface area contributed by atoms with Crippen LogP contribution in [0, 0.1) is 0 Å². The molecule has 0 N–H and O–H groups in total. The standard InChI is InChI=1S/C44H26N2OS/c1-2-12-27(13-3-1)29-17-10-20-36-41(29)42-33-16-4-7-19-35(33)46(37-21-11-18-32-30-14-5-8-22-38(30)47-43(32)37)44(42)45(36)28-24-25-40-34(26-28)31-15-6-9-23-39(31)48-40/h1-26H. The Balaban J connectivity index is 1.36. The van der Waals surface area contributed by atoms with Crippen molar-refractivity contribution in [3.8, 4) is 22.5 Å². The van der Waals surface area contributed by atoms with E-state index in [1.165, 1.54) is 53.0 Å². The molecular formula is C44H26N2OS. The summed E-state index contributed by atoms with van der Waals surface area (Å²) in [7, 11) is 0. The maximum Gasteiger partial charge on any atom is 0.159 e. The van der Waals surface area contributed by atoms with Gasteiger partial charge >= 0.3 is 0 Å². The molecule has 0 spiro atoms. The summed E-state index contributed by atoms with van der Waals surface area (Å²) < 4.78 is 14.2. The van der Waals surface area contributed by atoms with Crippen LogP contribution in [0.2, 0.25) is 0 Å². The molecule has 4 aromatic heterocycles. The van der Waals surface area contributed by atoms with Crippen molar-refractivity contribution in [2.45, 2.75) is 0 Å². The van der Waals surface area contributed by atoms with Gasteiger partial charge in [0.05, 0.1) is 16.7 Å². The van der Waals surface area contributed by atoms with Gasteiger partial charge in [0.2, 0.25) is 0 Å². The predicted molar refractivity (Wildman–Crippen MR) is 203 cm³/mol. The number of fused-ring (bicyclic) bond motifs is 11. The van der Waals surface area contributed by atoms with E-state index in [1.54, 1.807) is 0 Å². The van der Waals surface area contributed by atoms with Gasteiger partial charge in [-0.1, -0.05) is 109 Å². The molecule has 0 saturated heterocycles. The summed E-state index contributed by atoms with van der Waals surface area (Å²) in [5.41, 5.74) is 9.84. The molecule has 0 radical (unpaired) electrons. The molecule has 3 nitrogen and oxygen atoms in total. The molecule has 0 atom stereocenters. The van der Waals surface area contributed by atoms with Gasteiger partial charge in [0, 0.05) is 52.8 Å². The smallest absolute Gasteiger partial charge is 0.159 e. The summed E-state index contributed by atoms with van der Waals surface area (Å²) in [5, 5.41) is 8.53. The van der Waals surface area contributed by atoms with Crippen molar-refractivity contribution in [3.05, 3.63) is 158 Å². The Hall–Kier alpha value is -6.10. The van der Waals surface area contributed by atoms with Gasteiger partial charge in [-0.3, -0.25) is 9.13 Å². The zero-order chi connectivity index (χ0) is 31.3. The number of benzene rings is 7. The van der Waals surface area contributed by atoms with E-state index in [-0.39, 0.29) is 0 Å². The summed E-state index contributed by atoms with van der Waals surface area (Å²) in [4.78, 5) is 0. The molecule has 7 aromatic carbocycles. The van der Waals surface area contributed by atoms with Gasteiger partial charge in [-0.05, 0) is 59.7 Å². The van der Waals surface area contributed by atoms with E-state index in [2.05, 4.69) is 161 Å². The first kappa shape index (κ1) is 26.0. The van der Waals surface area contributed by atoms with Crippen LogP contribution < -0.4 is 0 Å². The highest BCUT2D eigenvalue weighted by molar-refractivity contribution is 7.25. The zero-order valence-corrected chi connectivity index (χ0v) is 26.5. The summed E-state index contributed by atoms with van der Waals surface area (Å²) >= 11 is 1.85. The molecule has 0 aliphatic rings. The fourth-order valence-electron chi connectivity index (χ4n) is 7.91. The van der Waals surface area contributed by atoms with Crippen LogP contribution in [0.25, 0.3) is 97.5 Å². The molecule has 0 aliphatic heterocycles. The molecule has 48 heavy (non-hydrogen) atoms. The summed E-state index contributed by atoms with van der Waals surface area (Å²) in [5.74, 6) is 0. The van der Waals surface area contributed by atoms with Crippen molar-refractivity contribution in [1.82, 2.24) is 9.13 Å². The second-order valence-corrected chi connectivity index (χ2v) is 13.6. The quantitative estimate of drug-likeness (QED) is 0.190. The van der Waals surface area contributed by atoms with E-state index < -0.39 is 0 Å². The minimum atomic E-state index is 0.890. The van der Waals surface area contributed by atoms with Crippen LogP contribution in [0.4, 0.5) is 0 Å². The van der Waals surface area contributed by atoms with E-state index in [0.29, 0.717) is 0 Å². The molecule has 224 valence electrons. The van der Waals surface area contributed by atoms with Crippen molar-refractivity contribution >= 4 is 86.3 Å². The first-order chi connectivity index (χ1) is 23.8. The van der Waals surface area contributed by atoms with Crippen molar-refractivity contribution < 1.29 is 4.42 Å². The van der Waals surface area contributed by atoms with Gasteiger partial charge in [-0.25, -0.2) is 0 Å². The number of furan rings is 1. The number of aromatic nitrogens is 2. The first-order valence-electron chi connectivity index (χ1n) is 16.3. The third-order valence-electron chi connectivity index (χ3n) is 9.92. The molecule has 11 rings (SSSR count). The molecular weight excluding hydrogens is 605 g/mol. The Labute approximate surface area is 279 Å². The maximum atomic E-state index is 6.68. The lowest BCUT2D eigenvalue weighted by Crippen LogP contribution is -2.02. The summed E-state index contributed by atoms with van der Waals surface area (Å²) in [6, 6.07) is 56.9. The Morgan fingerprint density at radius 3 is 2.08 bits per heavy atom. The van der Waals surface area contributed by atoms with Crippen molar-refractivity contribution in [1.29, 1.82) is 0 Å². The van der Waals surface area contributed by atoms with Crippen LogP contribution in [0.5, 0.6) is 0 Å². The van der Waals surface area contributed by atoms with Crippen LogP contribution in [0.1, 0.15) is 0 Å². The molecule has 0 bridgehead atoms. The maximum absolute atomic E-state index is 6.68. The molecule has 4 heteroatoms. The fourth-order valence-corrected chi connectivity index (χ4v) is 9.00. The van der Waals surface area contributed by atoms with Crippen molar-refractivity contribution in [3.63, 3.8) is 0 Å². The second kappa shape index (κ2) is 9.71. The van der Waals surface area contributed by atoms with Gasteiger partial charge in [-0.15, -0.1) is 11.3 Å². The normalized spacial score (nSPS) is 12.2. The lowest BCUT2D eigenvalue weighted by Gasteiger charge is -2.14. The molecule has 0 fully saturated rings. The summed E-state index contributed by atoms with van der Waals surface area (Å²) in [6.45, 7) is 0. The second-order valence-electron chi connectivity index (χ2n) is 12.5. The van der Waals surface area contributed by atoms with Crippen LogP contribution >= 0.6 is 11.3 Å². The zero-order valence-electron chi connectivity index (χ0n) is 25.7. The van der Waals surface area contributed by atoms with Gasteiger partial charge < -0.3 is 4.42 Å². The molecule has 0 amide bonds. The topological polar surface area (TPSA) is 23.0 Å². The van der Waals surface area contributed by atoms with E-state index in [1.807, 2.05) is 17.4 Å². The summed E-state index contributed by atoms with van der Waals surface area (Å²) in [6.07, 6.45) is 0. The van der Waals surface area contributed by atoms with Crippen LogP contribution in [-0.2, 0) is 0 Å². The van der Waals surface area contributed by atoms with E-state index >= 15 is 0 Å². The van der Waals surface area contributed by atoms with Gasteiger partial charge in [0.15, 0.2) is 5.58 Å². The van der Waals surface area contributed by atoms with Crippen LogP contribution in [0.15, 0.2) is 162 Å². The average Bonchev–Trinajstić information content (AvgIpc) is 3.89. The number of thiophene rings is 1. The Morgan fingerprint density at radius 1 is 0.458 bits per heavy atom. The third kappa shape index (κ3) is 3.47. The van der Waals surface area contributed by atoms with Gasteiger partial charge in [0.25, 0.3) is 0 Å². The average molecular weight is 631 g/mol. The predicted octanol–water partition coefficient (Wildman–Crippen LogP) is 12.7. The SMILES string of the molecule is c1ccc(-c2cccc3c2c2c4ccccc4n(-c4cccc5c4oc4ccccc45)c2n3-c2ccc3sc4ccccc4c3c2)cc1. The number of para-hydroxylation sites is 3. The number of hydrogen-bond acceptors (Lipinski definition) is 2. The van der Waals surface area contributed by atoms with Crippen molar-refractivity contribution in [2.24, 2.45) is 0 Å². The third-order valence-corrected chi connectivity index (χ3v) is 11.1. The van der Waals surface area contributed by atoms with Gasteiger partial charge in [0.1, 0.15) is 11.2 Å². The molecule has 0 aliphatic carbocycles. The Kier molecular flexibility index (Phi) is 5.26. The van der Waals surface area contributed by atoms with E-state index in [4.69, 9.17) is 4.42 Å². The van der Waals surface area contributed by atoms with Crippen LogP contribution in [-0.4, -0.2) is 9.13 Å². The highest BCUT2D eigenvalue weighted by Gasteiger charge is 2.26. The highest BCUT2D eigenvalue weighted by atomic mass is 32.1.